The molecule has 0 spiro atoms. The van der Waals surface area contributed by atoms with Gasteiger partial charge >= 0.3 is 0 Å². The van der Waals surface area contributed by atoms with Gasteiger partial charge in [-0.1, -0.05) is 18.2 Å². The summed E-state index contributed by atoms with van der Waals surface area (Å²) in [6.07, 6.45) is 2.21. The first kappa shape index (κ1) is 18.9. The van der Waals surface area contributed by atoms with Crippen molar-refractivity contribution in [1.29, 1.82) is 0 Å². The molecule has 0 radical (unpaired) electrons. The summed E-state index contributed by atoms with van der Waals surface area (Å²) < 4.78 is 24.1. The summed E-state index contributed by atoms with van der Waals surface area (Å²) in [5.74, 6) is 1.39. The molecular weight excluding hydrogens is 329 g/mol. The molecule has 26 heavy (non-hydrogen) atoms. The SMILES string of the molecule is COCc1cc(CN2CCC(Cc3ccc(F)c(C)c3)C2)ccc1OC. The minimum absolute atomic E-state index is 0.117. The topological polar surface area (TPSA) is 21.7 Å². The summed E-state index contributed by atoms with van der Waals surface area (Å²) in [7, 11) is 3.39. The van der Waals surface area contributed by atoms with Crippen LogP contribution in [-0.2, 0) is 24.3 Å². The van der Waals surface area contributed by atoms with Crippen molar-refractivity contribution in [3.05, 3.63) is 64.5 Å². The molecule has 0 N–H and O–H groups in total. The molecule has 1 fully saturated rings. The van der Waals surface area contributed by atoms with E-state index in [1.165, 1.54) is 17.5 Å². The van der Waals surface area contributed by atoms with Gasteiger partial charge in [0.15, 0.2) is 0 Å². The number of ether oxygens (including phenoxy) is 2. The number of benzene rings is 2. The zero-order valence-corrected chi connectivity index (χ0v) is 15.9. The van der Waals surface area contributed by atoms with Crippen LogP contribution in [0.5, 0.6) is 5.75 Å². The molecule has 0 amide bonds. The van der Waals surface area contributed by atoms with E-state index in [2.05, 4.69) is 17.0 Å². The predicted octanol–water partition coefficient (Wildman–Crippen LogP) is 4.35. The Morgan fingerprint density at radius 3 is 2.65 bits per heavy atom. The van der Waals surface area contributed by atoms with Crippen LogP contribution >= 0.6 is 0 Å². The second-order valence-corrected chi connectivity index (χ2v) is 7.26. The van der Waals surface area contributed by atoms with Gasteiger partial charge in [-0.2, -0.15) is 0 Å². The van der Waals surface area contributed by atoms with Crippen molar-refractivity contribution in [1.82, 2.24) is 4.90 Å². The van der Waals surface area contributed by atoms with E-state index in [4.69, 9.17) is 9.47 Å². The highest BCUT2D eigenvalue weighted by Gasteiger charge is 2.23. The summed E-state index contributed by atoms with van der Waals surface area (Å²) in [6.45, 7) is 5.53. The van der Waals surface area contributed by atoms with Crippen molar-refractivity contribution >= 4 is 0 Å². The molecule has 1 unspecified atom stereocenters. The van der Waals surface area contributed by atoms with Crippen LogP contribution in [0.1, 0.15) is 28.7 Å². The zero-order chi connectivity index (χ0) is 18.5. The van der Waals surface area contributed by atoms with Gasteiger partial charge in [0, 0.05) is 25.8 Å². The number of aryl methyl sites for hydroxylation is 1. The van der Waals surface area contributed by atoms with Gasteiger partial charge in [0.2, 0.25) is 0 Å². The second kappa shape index (κ2) is 8.65. The van der Waals surface area contributed by atoms with E-state index in [0.717, 1.165) is 42.9 Å². The fraction of sp³-hybridized carbons (Fsp3) is 0.455. The fourth-order valence-electron chi connectivity index (χ4n) is 3.85. The molecule has 0 aliphatic carbocycles. The number of nitrogens with zero attached hydrogens (tertiary/aromatic N) is 1. The van der Waals surface area contributed by atoms with Crippen LogP contribution in [0, 0.1) is 18.7 Å². The highest BCUT2D eigenvalue weighted by atomic mass is 19.1. The number of methoxy groups -OCH3 is 2. The number of likely N-dealkylation sites (tertiary alicyclic amines) is 1. The molecule has 2 aromatic rings. The highest BCUT2D eigenvalue weighted by molar-refractivity contribution is 5.37. The van der Waals surface area contributed by atoms with Crippen molar-refractivity contribution < 1.29 is 13.9 Å². The summed E-state index contributed by atoms with van der Waals surface area (Å²) >= 11 is 0. The van der Waals surface area contributed by atoms with Crippen LogP contribution < -0.4 is 4.74 Å². The normalized spacial score (nSPS) is 17.6. The van der Waals surface area contributed by atoms with Crippen molar-refractivity contribution in [3.63, 3.8) is 0 Å². The summed E-state index contributed by atoms with van der Waals surface area (Å²) in [5.41, 5.74) is 4.35. The fourth-order valence-corrected chi connectivity index (χ4v) is 3.85. The van der Waals surface area contributed by atoms with E-state index >= 15 is 0 Å². The van der Waals surface area contributed by atoms with Gasteiger partial charge in [0.05, 0.1) is 13.7 Å². The van der Waals surface area contributed by atoms with Crippen LogP contribution in [0.4, 0.5) is 4.39 Å². The predicted molar refractivity (Wildman–Crippen MR) is 102 cm³/mol. The van der Waals surface area contributed by atoms with E-state index in [1.54, 1.807) is 20.3 Å². The van der Waals surface area contributed by atoms with Crippen LogP contribution in [0.15, 0.2) is 36.4 Å². The molecular formula is C22H28FNO2. The van der Waals surface area contributed by atoms with E-state index in [-0.39, 0.29) is 5.82 Å². The molecule has 0 aromatic heterocycles. The summed E-state index contributed by atoms with van der Waals surface area (Å²) in [5, 5.41) is 0. The van der Waals surface area contributed by atoms with Crippen LogP contribution in [-0.4, -0.2) is 32.2 Å². The zero-order valence-electron chi connectivity index (χ0n) is 15.9. The molecule has 4 heteroatoms. The number of hydrogen-bond acceptors (Lipinski definition) is 3. The lowest BCUT2D eigenvalue weighted by atomic mass is 9.97. The first-order chi connectivity index (χ1) is 12.6. The van der Waals surface area contributed by atoms with Gasteiger partial charge < -0.3 is 9.47 Å². The van der Waals surface area contributed by atoms with E-state index in [9.17, 15) is 4.39 Å². The molecule has 3 nitrogen and oxygen atoms in total. The van der Waals surface area contributed by atoms with Gasteiger partial charge in [0.25, 0.3) is 0 Å². The lowest BCUT2D eigenvalue weighted by molar-refractivity contribution is 0.181. The largest absolute Gasteiger partial charge is 0.496 e. The van der Waals surface area contributed by atoms with Gasteiger partial charge in [0.1, 0.15) is 11.6 Å². The lowest BCUT2D eigenvalue weighted by Gasteiger charge is -2.18. The van der Waals surface area contributed by atoms with E-state index in [0.29, 0.717) is 12.5 Å². The maximum absolute atomic E-state index is 13.4. The minimum Gasteiger partial charge on any atom is -0.496 e. The maximum Gasteiger partial charge on any atom is 0.126 e. The van der Waals surface area contributed by atoms with Crippen LogP contribution in [0.2, 0.25) is 0 Å². The number of hydrogen-bond donors (Lipinski definition) is 0. The maximum atomic E-state index is 13.4. The van der Waals surface area contributed by atoms with Crippen molar-refractivity contribution in [3.8, 4) is 5.75 Å². The molecule has 0 bridgehead atoms. The molecule has 1 aliphatic heterocycles. The van der Waals surface area contributed by atoms with Gasteiger partial charge in [-0.3, -0.25) is 4.90 Å². The second-order valence-electron chi connectivity index (χ2n) is 7.26. The van der Waals surface area contributed by atoms with Gasteiger partial charge in [-0.25, -0.2) is 4.39 Å². The molecule has 3 rings (SSSR count). The standard InChI is InChI=1S/C22H28FNO2/c1-16-10-17(4-6-21(16)23)11-19-8-9-24(14-19)13-18-5-7-22(26-3)20(12-18)15-25-2/h4-7,10,12,19H,8-9,11,13-15H2,1-3H3. The van der Waals surface area contributed by atoms with Crippen molar-refractivity contribution in [2.75, 3.05) is 27.3 Å². The van der Waals surface area contributed by atoms with Crippen LogP contribution in [0.3, 0.4) is 0 Å². The Hall–Kier alpha value is -1.91. The Kier molecular flexibility index (Phi) is 6.28. The van der Waals surface area contributed by atoms with E-state index in [1.807, 2.05) is 25.1 Å². The summed E-state index contributed by atoms with van der Waals surface area (Å²) in [6, 6.07) is 11.8. The van der Waals surface area contributed by atoms with Gasteiger partial charge in [-0.15, -0.1) is 0 Å². The molecule has 1 atom stereocenters. The quantitative estimate of drug-likeness (QED) is 0.735. The Morgan fingerprint density at radius 2 is 1.92 bits per heavy atom. The summed E-state index contributed by atoms with van der Waals surface area (Å²) in [4.78, 5) is 2.50. The lowest BCUT2D eigenvalue weighted by Crippen LogP contribution is -2.20. The average Bonchev–Trinajstić information content (AvgIpc) is 3.06. The molecule has 140 valence electrons. The molecule has 2 aromatic carbocycles. The monoisotopic (exact) mass is 357 g/mol. The third-order valence-corrected chi connectivity index (χ3v) is 5.17. The van der Waals surface area contributed by atoms with Crippen molar-refractivity contribution in [2.24, 2.45) is 5.92 Å². The third-order valence-electron chi connectivity index (χ3n) is 5.17. The number of rotatable bonds is 7. The third kappa shape index (κ3) is 4.63. The molecule has 1 aliphatic rings. The first-order valence-electron chi connectivity index (χ1n) is 9.21. The Balaban J connectivity index is 1.59. The molecule has 0 saturated carbocycles. The van der Waals surface area contributed by atoms with Crippen molar-refractivity contribution in [2.45, 2.75) is 32.9 Å². The average molecular weight is 357 g/mol. The Morgan fingerprint density at radius 1 is 1.12 bits per heavy atom. The first-order valence-corrected chi connectivity index (χ1v) is 9.21. The minimum atomic E-state index is -0.117. The molecule has 1 heterocycles. The Bertz CT molecular complexity index is 747. The van der Waals surface area contributed by atoms with E-state index < -0.39 is 0 Å². The highest BCUT2D eigenvalue weighted by Crippen LogP contribution is 2.26. The number of halogens is 1. The van der Waals surface area contributed by atoms with Crippen LogP contribution in [0.25, 0.3) is 0 Å². The van der Waals surface area contributed by atoms with Gasteiger partial charge in [-0.05, 0) is 67.1 Å². The molecule has 1 saturated heterocycles. The Labute approximate surface area is 155 Å². The smallest absolute Gasteiger partial charge is 0.126 e.